The van der Waals surface area contributed by atoms with Crippen molar-refractivity contribution >= 4 is 11.6 Å². The number of aliphatic hydroxyl groups excluding tert-OH is 6. The molecule has 1 heterocycles. The molecule has 0 saturated carbocycles. The highest BCUT2D eigenvalue weighted by Crippen LogP contribution is 2.43. The Balaban J connectivity index is 0.00000408. The molecular formula is C24H33ClO9. The summed E-state index contributed by atoms with van der Waals surface area (Å²) < 4.78 is 11.4. The number of aliphatic hydroxyl groups is 6. The summed E-state index contributed by atoms with van der Waals surface area (Å²) in [6.07, 6.45) is -7.15. The quantitative estimate of drug-likeness (QED) is 0.277. The molecule has 9 nitrogen and oxygen atoms in total. The fourth-order valence-electron chi connectivity index (χ4n) is 4.24. The molecule has 8 N–H and O–H groups in total. The van der Waals surface area contributed by atoms with Crippen molar-refractivity contribution in [2.45, 2.75) is 55.9 Å². The molecule has 0 spiro atoms. The number of rotatable bonds is 9. The van der Waals surface area contributed by atoms with Crippen LogP contribution in [0.15, 0.2) is 42.5 Å². The fourth-order valence-corrected chi connectivity index (χ4v) is 4.43. The first kappa shape index (κ1) is 28.4. The lowest BCUT2D eigenvalue weighted by Gasteiger charge is -2.49. The second-order valence-electron chi connectivity index (χ2n) is 8.25. The first-order chi connectivity index (χ1) is 15.7. The van der Waals surface area contributed by atoms with Crippen LogP contribution in [0.3, 0.4) is 0 Å². The smallest absolute Gasteiger partial charge is 0.125 e. The lowest BCUT2D eigenvalue weighted by Crippen LogP contribution is -2.64. The Bertz CT molecular complexity index is 908. The van der Waals surface area contributed by atoms with Crippen molar-refractivity contribution in [2.24, 2.45) is 0 Å². The number of halogens is 1. The summed E-state index contributed by atoms with van der Waals surface area (Å²) in [4.78, 5) is 0. The van der Waals surface area contributed by atoms with Crippen molar-refractivity contribution < 1.29 is 45.6 Å². The number of hydrogen-bond donors (Lipinski definition) is 6. The Morgan fingerprint density at radius 1 is 1.06 bits per heavy atom. The highest BCUT2D eigenvalue weighted by Gasteiger charge is 2.54. The van der Waals surface area contributed by atoms with Gasteiger partial charge in [0.05, 0.1) is 25.9 Å². The van der Waals surface area contributed by atoms with Gasteiger partial charge in [0, 0.05) is 11.4 Å². The molecule has 1 fully saturated rings. The van der Waals surface area contributed by atoms with E-state index in [1.54, 1.807) is 18.2 Å². The third-order valence-electron chi connectivity index (χ3n) is 5.99. The number of ether oxygens (including phenoxy) is 2. The summed E-state index contributed by atoms with van der Waals surface area (Å²) in [7, 11) is 0. The van der Waals surface area contributed by atoms with Crippen molar-refractivity contribution in [3.8, 4) is 5.75 Å². The van der Waals surface area contributed by atoms with Crippen LogP contribution in [0.4, 0.5) is 0 Å². The van der Waals surface area contributed by atoms with E-state index in [9.17, 15) is 30.6 Å². The summed E-state index contributed by atoms with van der Waals surface area (Å²) in [5, 5.41) is 61.4. The molecule has 0 aliphatic carbocycles. The lowest BCUT2D eigenvalue weighted by atomic mass is 9.76. The van der Waals surface area contributed by atoms with Gasteiger partial charge in [-0.2, -0.15) is 0 Å². The number of hydrogen-bond acceptors (Lipinski definition) is 8. The minimum Gasteiger partial charge on any atom is -0.494 e. The normalized spacial score (nSPS) is 27.6. The maximum Gasteiger partial charge on any atom is 0.125 e. The van der Waals surface area contributed by atoms with E-state index in [2.05, 4.69) is 0 Å². The van der Waals surface area contributed by atoms with E-state index in [4.69, 9.17) is 21.1 Å². The van der Waals surface area contributed by atoms with Crippen LogP contribution in [0, 0.1) is 0 Å². The van der Waals surface area contributed by atoms with E-state index in [1.165, 1.54) is 0 Å². The Kier molecular flexibility index (Phi) is 10.3. The van der Waals surface area contributed by atoms with Gasteiger partial charge in [0.25, 0.3) is 0 Å². The average molecular weight is 501 g/mol. The molecule has 1 saturated heterocycles. The van der Waals surface area contributed by atoms with Gasteiger partial charge in [-0.1, -0.05) is 35.9 Å². The average Bonchev–Trinajstić information content (AvgIpc) is 2.82. The molecular weight excluding hydrogens is 468 g/mol. The number of benzene rings is 2. The third-order valence-corrected chi connectivity index (χ3v) is 6.36. The largest absolute Gasteiger partial charge is 0.494 e. The standard InChI is InChI=1S/C24H31ClO8.H2O/c1-2-32-18-6-3-14(4-7-18)9-15-10-16(5-8-19(15)25)24(11-17(28)12-26)23(31)22(30)21(29)20(13-27)33-24;/h3-8,10,17,20-23,26-31H,2,9,11-13H2,1H3;1H2/t17-,20+,21+,22-,23+,24?;/m0./s1. The molecule has 1 aliphatic rings. The van der Waals surface area contributed by atoms with Crippen LogP contribution in [0.25, 0.3) is 0 Å². The Morgan fingerprint density at radius 2 is 1.74 bits per heavy atom. The lowest BCUT2D eigenvalue weighted by molar-refractivity contribution is -0.287. The summed E-state index contributed by atoms with van der Waals surface area (Å²) in [5.41, 5.74) is 0.341. The first-order valence-corrected chi connectivity index (χ1v) is 11.3. The second kappa shape index (κ2) is 12.3. The predicted octanol–water partition coefficient (Wildman–Crippen LogP) is -0.0828. The topological polar surface area (TPSA) is 171 Å². The van der Waals surface area contributed by atoms with Crippen LogP contribution >= 0.6 is 11.6 Å². The van der Waals surface area contributed by atoms with E-state index in [0.717, 1.165) is 11.3 Å². The Morgan fingerprint density at radius 3 is 2.32 bits per heavy atom. The summed E-state index contributed by atoms with van der Waals surface area (Å²) in [6.45, 7) is 1.25. The van der Waals surface area contributed by atoms with Gasteiger partial charge in [-0.25, -0.2) is 0 Å². The third kappa shape index (κ3) is 5.88. The van der Waals surface area contributed by atoms with Gasteiger partial charge in [0.2, 0.25) is 0 Å². The van der Waals surface area contributed by atoms with Crippen LogP contribution in [0.1, 0.15) is 30.0 Å². The van der Waals surface area contributed by atoms with Gasteiger partial charge in [-0.05, 0) is 48.2 Å². The Labute approximate surface area is 203 Å². The van der Waals surface area contributed by atoms with Crippen LogP contribution in [-0.4, -0.2) is 86.5 Å². The minimum atomic E-state index is -1.70. The minimum absolute atomic E-state index is 0. The van der Waals surface area contributed by atoms with Crippen LogP contribution in [0.5, 0.6) is 5.75 Å². The molecule has 2 aromatic carbocycles. The highest BCUT2D eigenvalue weighted by atomic mass is 35.5. The molecule has 6 atom stereocenters. The molecule has 0 aromatic heterocycles. The summed E-state index contributed by atoms with van der Waals surface area (Å²) in [5.74, 6) is 0.749. The molecule has 0 radical (unpaired) electrons. The van der Waals surface area contributed by atoms with Crippen molar-refractivity contribution in [1.29, 1.82) is 0 Å². The van der Waals surface area contributed by atoms with Crippen LogP contribution < -0.4 is 4.74 Å². The zero-order chi connectivity index (χ0) is 24.2. The van der Waals surface area contributed by atoms with Gasteiger partial charge >= 0.3 is 0 Å². The molecule has 190 valence electrons. The van der Waals surface area contributed by atoms with Gasteiger partial charge in [0.1, 0.15) is 35.8 Å². The molecule has 2 aromatic rings. The van der Waals surface area contributed by atoms with Crippen molar-refractivity contribution in [3.05, 3.63) is 64.2 Å². The van der Waals surface area contributed by atoms with Crippen molar-refractivity contribution in [2.75, 3.05) is 19.8 Å². The van der Waals surface area contributed by atoms with E-state index < -0.39 is 49.3 Å². The van der Waals surface area contributed by atoms with Gasteiger partial charge in [-0.15, -0.1) is 0 Å². The molecule has 0 bridgehead atoms. The van der Waals surface area contributed by atoms with Gasteiger partial charge in [0.15, 0.2) is 0 Å². The van der Waals surface area contributed by atoms with E-state index >= 15 is 0 Å². The maximum absolute atomic E-state index is 10.9. The van der Waals surface area contributed by atoms with Crippen LogP contribution in [-0.2, 0) is 16.8 Å². The SMILES string of the molecule is CCOc1ccc(Cc2cc(C3(C[C@H](O)CO)O[C@H](CO)[C@@H](O)[C@H](O)[C@H]3O)ccc2Cl)cc1.O. The van der Waals surface area contributed by atoms with E-state index in [1.807, 2.05) is 31.2 Å². The molecule has 1 aliphatic heterocycles. The zero-order valence-electron chi connectivity index (χ0n) is 18.8. The summed E-state index contributed by atoms with van der Waals surface area (Å²) in [6, 6.07) is 12.4. The zero-order valence-corrected chi connectivity index (χ0v) is 19.6. The van der Waals surface area contributed by atoms with E-state index in [-0.39, 0.29) is 11.9 Å². The maximum atomic E-state index is 10.9. The fraction of sp³-hybridized carbons (Fsp3) is 0.500. The molecule has 10 heteroatoms. The predicted molar refractivity (Wildman–Crippen MR) is 125 cm³/mol. The van der Waals surface area contributed by atoms with Crippen LogP contribution in [0.2, 0.25) is 5.02 Å². The molecule has 0 amide bonds. The molecule has 3 rings (SSSR count). The van der Waals surface area contributed by atoms with Crippen molar-refractivity contribution in [3.63, 3.8) is 0 Å². The highest BCUT2D eigenvalue weighted by molar-refractivity contribution is 6.31. The van der Waals surface area contributed by atoms with Crippen molar-refractivity contribution in [1.82, 2.24) is 0 Å². The van der Waals surface area contributed by atoms with Gasteiger partial charge < -0.3 is 45.6 Å². The molecule has 34 heavy (non-hydrogen) atoms. The molecule has 1 unspecified atom stereocenters. The monoisotopic (exact) mass is 500 g/mol. The van der Waals surface area contributed by atoms with E-state index in [0.29, 0.717) is 29.2 Å². The first-order valence-electron chi connectivity index (χ1n) is 10.9. The van der Waals surface area contributed by atoms with Gasteiger partial charge in [-0.3, -0.25) is 0 Å². The second-order valence-corrected chi connectivity index (χ2v) is 8.66. The summed E-state index contributed by atoms with van der Waals surface area (Å²) >= 11 is 6.44. The Hall–Kier alpha value is -1.79.